The summed E-state index contributed by atoms with van der Waals surface area (Å²) < 4.78 is 11.4. The maximum Gasteiger partial charge on any atom is 0.326 e. The molecule has 2 aromatic carbocycles. The van der Waals surface area contributed by atoms with Gasteiger partial charge in [-0.3, -0.25) is 19.3 Å². The highest BCUT2D eigenvalue weighted by molar-refractivity contribution is 9.10. The summed E-state index contributed by atoms with van der Waals surface area (Å²) in [7, 11) is 0. The number of halogens is 1. The van der Waals surface area contributed by atoms with E-state index in [2.05, 4.69) is 15.9 Å². The average molecular weight is 404 g/mol. The molecule has 6 nitrogen and oxygen atoms in total. The lowest BCUT2D eigenvalue weighted by Crippen LogP contribution is -2.36. The summed E-state index contributed by atoms with van der Waals surface area (Å²) in [6.07, 6.45) is 0. The van der Waals surface area contributed by atoms with Gasteiger partial charge in [0.15, 0.2) is 0 Å². The van der Waals surface area contributed by atoms with Crippen molar-refractivity contribution >= 4 is 33.7 Å². The van der Waals surface area contributed by atoms with Crippen LogP contribution in [0.5, 0.6) is 5.75 Å². The molecule has 0 fully saturated rings. The number of hydrogen-bond donors (Lipinski definition) is 0. The van der Waals surface area contributed by atoms with Gasteiger partial charge >= 0.3 is 5.97 Å². The van der Waals surface area contributed by atoms with Crippen molar-refractivity contribution < 1.29 is 23.9 Å². The van der Waals surface area contributed by atoms with Crippen molar-refractivity contribution in [3.63, 3.8) is 0 Å². The average Bonchev–Trinajstić information content (AvgIpc) is 2.84. The van der Waals surface area contributed by atoms with Crippen molar-refractivity contribution in [2.75, 3.05) is 19.8 Å². The molecule has 7 heteroatoms. The molecule has 0 unspecified atom stereocenters. The summed E-state index contributed by atoms with van der Waals surface area (Å²) >= 11 is 3.33. The molecule has 0 saturated carbocycles. The summed E-state index contributed by atoms with van der Waals surface area (Å²) in [5, 5.41) is 0. The second-order valence-corrected chi connectivity index (χ2v) is 6.18. The van der Waals surface area contributed by atoms with Crippen molar-refractivity contribution in [1.29, 1.82) is 0 Å². The second-order valence-electron chi connectivity index (χ2n) is 5.27. The highest BCUT2D eigenvalue weighted by Crippen LogP contribution is 2.22. The highest BCUT2D eigenvalue weighted by Gasteiger charge is 2.36. The van der Waals surface area contributed by atoms with Crippen LogP contribution in [0.3, 0.4) is 0 Å². The van der Waals surface area contributed by atoms with E-state index in [1.807, 2.05) is 12.1 Å². The van der Waals surface area contributed by atoms with E-state index in [1.165, 1.54) is 0 Å². The molecule has 0 saturated heterocycles. The van der Waals surface area contributed by atoms with Crippen LogP contribution in [0.25, 0.3) is 0 Å². The molecule has 0 N–H and O–H groups in total. The third-order valence-electron chi connectivity index (χ3n) is 3.58. The Morgan fingerprint density at radius 3 is 2.28 bits per heavy atom. The highest BCUT2D eigenvalue weighted by atomic mass is 79.9. The fourth-order valence-electron chi connectivity index (χ4n) is 2.43. The van der Waals surface area contributed by atoms with E-state index in [0.717, 1.165) is 9.37 Å². The molecule has 2 aromatic rings. The van der Waals surface area contributed by atoms with Crippen LogP contribution < -0.4 is 4.74 Å². The number of amides is 2. The summed E-state index contributed by atoms with van der Waals surface area (Å²) in [5.41, 5.74) is 0.608. The van der Waals surface area contributed by atoms with Crippen molar-refractivity contribution in [2.24, 2.45) is 0 Å². The van der Waals surface area contributed by atoms with Crippen LogP contribution in [-0.2, 0) is 9.53 Å². The number of imide groups is 1. The molecule has 0 spiro atoms. The Balaban J connectivity index is 1.47. The van der Waals surface area contributed by atoms with Gasteiger partial charge in [0.1, 0.15) is 25.5 Å². The number of esters is 1. The topological polar surface area (TPSA) is 72.9 Å². The number of hydrogen-bond acceptors (Lipinski definition) is 5. The quantitative estimate of drug-likeness (QED) is 0.421. The van der Waals surface area contributed by atoms with Gasteiger partial charge in [-0.2, -0.15) is 0 Å². The Kier molecular flexibility index (Phi) is 5.14. The van der Waals surface area contributed by atoms with Gasteiger partial charge in [0.25, 0.3) is 11.8 Å². The molecule has 128 valence electrons. The zero-order chi connectivity index (χ0) is 17.8. The van der Waals surface area contributed by atoms with Crippen LogP contribution in [0, 0.1) is 0 Å². The van der Waals surface area contributed by atoms with Crippen LogP contribution in [0.2, 0.25) is 0 Å². The smallest absolute Gasteiger partial charge is 0.326 e. The van der Waals surface area contributed by atoms with Crippen molar-refractivity contribution in [3.8, 4) is 5.75 Å². The normalized spacial score (nSPS) is 12.9. The molecule has 3 rings (SSSR count). The molecule has 1 heterocycles. The molecule has 0 atom stereocenters. The molecule has 0 bridgehead atoms. The van der Waals surface area contributed by atoms with Crippen LogP contribution in [0.1, 0.15) is 20.7 Å². The van der Waals surface area contributed by atoms with Gasteiger partial charge in [-0.05, 0) is 30.3 Å². The van der Waals surface area contributed by atoms with Gasteiger partial charge in [0.2, 0.25) is 0 Å². The Morgan fingerprint density at radius 2 is 1.64 bits per heavy atom. The number of benzene rings is 2. The Hall–Kier alpha value is -2.67. The molecule has 2 amide bonds. The first kappa shape index (κ1) is 17.2. The second kappa shape index (κ2) is 7.48. The first-order valence-corrected chi connectivity index (χ1v) is 8.35. The van der Waals surface area contributed by atoms with E-state index in [-0.39, 0.29) is 13.2 Å². The first-order chi connectivity index (χ1) is 12.1. The molecular formula is C18H14BrNO5. The van der Waals surface area contributed by atoms with Gasteiger partial charge in [0.05, 0.1) is 11.1 Å². The largest absolute Gasteiger partial charge is 0.490 e. The Bertz CT molecular complexity index is 801. The number of rotatable bonds is 6. The molecule has 1 aliphatic heterocycles. The Labute approximate surface area is 152 Å². The fourth-order valence-corrected chi connectivity index (χ4v) is 2.81. The SMILES string of the molecule is O=C(CN1C(=O)c2ccccc2C1=O)OCCOc1cccc(Br)c1. The van der Waals surface area contributed by atoms with Crippen LogP contribution >= 0.6 is 15.9 Å². The minimum Gasteiger partial charge on any atom is -0.490 e. The predicted octanol–water partition coefficient (Wildman–Crippen LogP) is 2.67. The summed E-state index contributed by atoms with van der Waals surface area (Å²) in [6, 6.07) is 13.7. The lowest BCUT2D eigenvalue weighted by atomic mass is 10.1. The summed E-state index contributed by atoms with van der Waals surface area (Å²) in [6.45, 7) is -0.220. The number of fused-ring (bicyclic) bond motifs is 1. The number of nitrogens with zero attached hydrogens (tertiary/aromatic N) is 1. The van der Waals surface area contributed by atoms with E-state index in [4.69, 9.17) is 9.47 Å². The lowest BCUT2D eigenvalue weighted by Gasteiger charge is -2.13. The van der Waals surface area contributed by atoms with Gasteiger partial charge in [0, 0.05) is 4.47 Å². The van der Waals surface area contributed by atoms with Gasteiger partial charge in [-0.25, -0.2) is 0 Å². The maximum atomic E-state index is 12.2. The Morgan fingerprint density at radius 1 is 0.960 bits per heavy atom. The van der Waals surface area contributed by atoms with E-state index in [0.29, 0.717) is 16.9 Å². The fraction of sp³-hybridized carbons (Fsp3) is 0.167. The van der Waals surface area contributed by atoms with E-state index < -0.39 is 24.3 Å². The molecule has 0 aromatic heterocycles. The van der Waals surface area contributed by atoms with E-state index in [1.54, 1.807) is 36.4 Å². The van der Waals surface area contributed by atoms with Crippen LogP contribution in [-0.4, -0.2) is 42.4 Å². The van der Waals surface area contributed by atoms with Gasteiger partial charge in [-0.1, -0.05) is 34.1 Å². The molecule has 1 aliphatic rings. The van der Waals surface area contributed by atoms with E-state index in [9.17, 15) is 14.4 Å². The molecule has 0 radical (unpaired) electrons. The number of carbonyl (C=O) groups is 3. The standard InChI is InChI=1S/C18H14BrNO5/c19-12-4-3-5-13(10-12)24-8-9-25-16(21)11-20-17(22)14-6-1-2-7-15(14)18(20)23/h1-7,10H,8-9,11H2. The summed E-state index contributed by atoms with van der Waals surface area (Å²) in [4.78, 5) is 37.1. The number of carbonyl (C=O) groups excluding carboxylic acids is 3. The maximum absolute atomic E-state index is 12.2. The minimum atomic E-state index is -0.660. The molecule has 25 heavy (non-hydrogen) atoms. The summed E-state index contributed by atoms with van der Waals surface area (Å²) in [5.74, 6) is -0.982. The number of ether oxygens (including phenoxy) is 2. The van der Waals surface area contributed by atoms with Gasteiger partial charge in [-0.15, -0.1) is 0 Å². The predicted molar refractivity (Wildman–Crippen MR) is 92.4 cm³/mol. The van der Waals surface area contributed by atoms with Crippen molar-refractivity contribution in [2.45, 2.75) is 0 Å². The third kappa shape index (κ3) is 3.88. The first-order valence-electron chi connectivity index (χ1n) is 7.55. The third-order valence-corrected chi connectivity index (χ3v) is 4.07. The van der Waals surface area contributed by atoms with Crippen LogP contribution in [0.4, 0.5) is 0 Å². The molecular weight excluding hydrogens is 390 g/mol. The van der Waals surface area contributed by atoms with Crippen LogP contribution in [0.15, 0.2) is 53.0 Å². The van der Waals surface area contributed by atoms with Crippen molar-refractivity contribution in [1.82, 2.24) is 4.90 Å². The minimum absolute atomic E-state index is 0.0223. The van der Waals surface area contributed by atoms with Crippen molar-refractivity contribution in [3.05, 3.63) is 64.1 Å². The zero-order valence-electron chi connectivity index (χ0n) is 13.1. The monoisotopic (exact) mass is 403 g/mol. The lowest BCUT2D eigenvalue weighted by molar-refractivity contribution is -0.144. The molecule has 0 aliphatic carbocycles. The van der Waals surface area contributed by atoms with E-state index >= 15 is 0 Å². The van der Waals surface area contributed by atoms with Gasteiger partial charge < -0.3 is 9.47 Å². The zero-order valence-corrected chi connectivity index (χ0v) is 14.7.